The van der Waals surface area contributed by atoms with Crippen molar-refractivity contribution >= 4 is 17.8 Å². The zero-order valence-corrected chi connectivity index (χ0v) is 17.9. The van der Waals surface area contributed by atoms with Crippen molar-refractivity contribution in [2.24, 2.45) is 7.05 Å². The highest BCUT2D eigenvalue weighted by atomic mass is 16.5. The van der Waals surface area contributed by atoms with E-state index in [0.29, 0.717) is 25.5 Å². The predicted molar refractivity (Wildman–Crippen MR) is 113 cm³/mol. The molecule has 0 bridgehead atoms. The number of aromatic nitrogens is 2. The molecule has 3 amide bonds. The summed E-state index contributed by atoms with van der Waals surface area (Å²) in [6.45, 7) is 7.13. The Balaban J connectivity index is 1.98. The van der Waals surface area contributed by atoms with E-state index in [1.807, 2.05) is 36.4 Å². The lowest BCUT2D eigenvalue weighted by atomic mass is 9.92. The minimum atomic E-state index is -0.318. The maximum absolute atomic E-state index is 12.6. The second-order valence-electron chi connectivity index (χ2n) is 7.90. The number of carbonyl (C=O) groups excluding carboxylic acids is 2. The topological polar surface area (TPSA) is 88.5 Å². The molecule has 8 heteroatoms. The van der Waals surface area contributed by atoms with Crippen molar-refractivity contribution in [1.82, 2.24) is 20.0 Å². The number of rotatable bonds is 8. The van der Waals surface area contributed by atoms with Crippen LogP contribution in [0.4, 0.5) is 10.6 Å². The number of ether oxygens (including phenoxy) is 1. The number of urea groups is 1. The molecule has 1 heterocycles. The lowest BCUT2D eigenvalue weighted by Crippen LogP contribution is -2.45. The molecule has 0 aliphatic carbocycles. The summed E-state index contributed by atoms with van der Waals surface area (Å²) in [5.41, 5.74) is 1.75. The van der Waals surface area contributed by atoms with Gasteiger partial charge in [0.25, 0.3) is 0 Å². The summed E-state index contributed by atoms with van der Waals surface area (Å²) >= 11 is 0. The Morgan fingerprint density at radius 1 is 1.21 bits per heavy atom. The average molecular weight is 402 g/mol. The summed E-state index contributed by atoms with van der Waals surface area (Å²) in [5.74, 6) is 0.302. The third-order valence-electron chi connectivity index (χ3n) is 4.39. The lowest BCUT2D eigenvalue weighted by molar-refractivity contribution is -0.116. The Hall–Kier alpha value is -2.87. The zero-order chi connectivity index (χ0) is 21.4. The summed E-state index contributed by atoms with van der Waals surface area (Å²) in [7, 11) is 3.34. The van der Waals surface area contributed by atoms with Crippen molar-refractivity contribution in [1.29, 1.82) is 0 Å². The first-order valence-corrected chi connectivity index (χ1v) is 9.60. The first-order valence-electron chi connectivity index (χ1n) is 9.60. The molecule has 8 nitrogen and oxygen atoms in total. The summed E-state index contributed by atoms with van der Waals surface area (Å²) in [5, 5.41) is 10.1. The van der Waals surface area contributed by atoms with Gasteiger partial charge in [-0.3, -0.25) is 9.48 Å². The normalized spacial score (nSPS) is 11.2. The fourth-order valence-electron chi connectivity index (χ4n) is 2.65. The minimum absolute atomic E-state index is 0.0833. The molecule has 0 fully saturated rings. The number of benzene rings is 1. The molecule has 1 aromatic heterocycles. The van der Waals surface area contributed by atoms with Gasteiger partial charge in [-0.25, -0.2) is 4.79 Å². The van der Waals surface area contributed by atoms with Crippen LogP contribution in [0.2, 0.25) is 0 Å². The van der Waals surface area contributed by atoms with Gasteiger partial charge in [-0.1, -0.05) is 51.1 Å². The third-order valence-corrected chi connectivity index (χ3v) is 4.39. The molecule has 0 atom stereocenters. The van der Waals surface area contributed by atoms with Crippen LogP contribution in [0.15, 0.2) is 36.4 Å². The van der Waals surface area contributed by atoms with Crippen molar-refractivity contribution in [3.05, 3.63) is 47.7 Å². The van der Waals surface area contributed by atoms with Gasteiger partial charge < -0.3 is 20.3 Å². The quantitative estimate of drug-likeness (QED) is 0.711. The summed E-state index contributed by atoms with van der Waals surface area (Å²) in [6, 6.07) is 11.1. The molecule has 0 aliphatic heterocycles. The molecule has 1 aromatic carbocycles. The van der Waals surface area contributed by atoms with Gasteiger partial charge >= 0.3 is 6.03 Å². The van der Waals surface area contributed by atoms with Gasteiger partial charge in [-0.15, -0.1) is 0 Å². The van der Waals surface area contributed by atoms with E-state index in [1.165, 1.54) is 4.90 Å². The number of carbonyl (C=O) groups is 2. The van der Waals surface area contributed by atoms with E-state index >= 15 is 0 Å². The fraction of sp³-hybridized carbons (Fsp3) is 0.476. The number of aryl methyl sites for hydroxylation is 1. The van der Waals surface area contributed by atoms with E-state index in [2.05, 4.69) is 36.5 Å². The van der Waals surface area contributed by atoms with Gasteiger partial charge in [0.15, 0.2) is 0 Å². The Kier molecular flexibility index (Phi) is 7.78. The first kappa shape index (κ1) is 22.4. The van der Waals surface area contributed by atoms with Crippen LogP contribution < -0.4 is 10.6 Å². The van der Waals surface area contributed by atoms with Gasteiger partial charge in [0.1, 0.15) is 12.4 Å². The van der Waals surface area contributed by atoms with E-state index in [0.717, 1.165) is 11.3 Å². The number of anilines is 1. The Morgan fingerprint density at radius 3 is 2.48 bits per heavy atom. The van der Waals surface area contributed by atoms with E-state index < -0.39 is 0 Å². The smallest absolute Gasteiger partial charge is 0.318 e. The fourth-order valence-corrected chi connectivity index (χ4v) is 2.65. The van der Waals surface area contributed by atoms with Gasteiger partial charge in [0.05, 0.1) is 12.3 Å². The van der Waals surface area contributed by atoms with E-state index in [9.17, 15) is 9.59 Å². The highest BCUT2D eigenvalue weighted by Crippen LogP contribution is 2.23. The summed E-state index contributed by atoms with van der Waals surface area (Å²) in [6.07, 6.45) is 0. The van der Waals surface area contributed by atoms with Crippen LogP contribution in [-0.4, -0.2) is 53.4 Å². The average Bonchev–Trinajstić information content (AvgIpc) is 3.04. The lowest BCUT2D eigenvalue weighted by Gasteiger charge is -2.22. The molecular weight excluding hydrogens is 370 g/mol. The van der Waals surface area contributed by atoms with Crippen molar-refractivity contribution in [3.8, 4) is 0 Å². The van der Waals surface area contributed by atoms with Crippen molar-refractivity contribution in [2.75, 3.05) is 32.1 Å². The highest BCUT2D eigenvalue weighted by molar-refractivity contribution is 5.93. The van der Waals surface area contributed by atoms with Crippen molar-refractivity contribution < 1.29 is 14.3 Å². The highest BCUT2D eigenvalue weighted by Gasteiger charge is 2.21. The number of methoxy groups -OCH3 is 1. The Bertz CT molecular complexity index is 811. The molecule has 0 saturated heterocycles. The second-order valence-corrected chi connectivity index (χ2v) is 7.90. The number of nitrogens with zero attached hydrogens (tertiary/aromatic N) is 3. The Labute approximate surface area is 172 Å². The number of amides is 3. The van der Waals surface area contributed by atoms with Crippen LogP contribution in [0.25, 0.3) is 0 Å². The Morgan fingerprint density at radius 2 is 1.90 bits per heavy atom. The molecule has 2 N–H and O–H groups in total. The predicted octanol–water partition coefficient (Wildman–Crippen LogP) is 2.51. The molecule has 0 unspecified atom stereocenters. The minimum Gasteiger partial charge on any atom is -0.383 e. The van der Waals surface area contributed by atoms with E-state index in [1.54, 1.807) is 18.8 Å². The van der Waals surface area contributed by atoms with Crippen LogP contribution in [0, 0.1) is 0 Å². The molecule has 158 valence electrons. The molecule has 0 aliphatic rings. The molecule has 29 heavy (non-hydrogen) atoms. The van der Waals surface area contributed by atoms with Crippen LogP contribution in [0.5, 0.6) is 0 Å². The van der Waals surface area contributed by atoms with Gasteiger partial charge in [-0.05, 0) is 5.56 Å². The first-order chi connectivity index (χ1) is 13.7. The largest absolute Gasteiger partial charge is 0.383 e. The number of hydrogen-bond donors (Lipinski definition) is 2. The van der Waals surface area contributed by atoms with Crippen molar-refractivity contribution in [3.63, 3.8) is 0 Å². The standard InChI is InChI=1S/C21H31N5O3/c1-21(2,3)17-13-18(25(4)24-17)23-19(27)15-26(11-12-29-5)20(28)22-14-16-9-7-6-8-10-16/h6-10,13H,11-12,14-15H2,1-5H3,(H,22,28)(H,23,27). The molecular formula is C21H31N5O3. The summed E-state index contributed by atoms with van der Waals surface area (Å²) in [4.78, 5) is 26.6. The molecule has 0 radical (unpaired) electrons. The molecule has 2 aromatic rings. The maximum Gasteiger partial charge on any atom is 0.318 e. The number of nitrogens with one attached hydrogen (secondary N) is 2. The zero-order valence-electron chi connectivity index (χ0n) is 17.9. The second kappa shape index (κ2) is 10.1. The van der Waals surface area contributed by atoms with Gasteiger partial charge in [-0.2, -0.15) is 5.10 Å². The van der Waals surface area contributed by atoms with Crippen LogP contribution in [-0.2, 0) is 28.5 Å². The molecule has 0 saturated carbocycles. The molecule has 0 spiro atoms. The van der Waals surface area contributed by atoms with Crippen molar-refractivity contribution in [2.45, 2.75) is 32.7 Å². The maximum atomic E-state index is 12.6. The summed E-state index contributed by atoms with van der Waals surface area (Å²) < 4.78 is 6.71. The van der Waals surface area contributed by atoms with E-state index in [-0.39, 0.29) is 23.9 Å². The third kappa shape index (κ3) is 6.90. The van der Waals surface area contributed by atoms with Gasteiger partial charge in [0.2, 0.25) is 5.91 Å². The SMILES string of the molecule is COCCN(CC(=O)Nc1cc(C(C)(C)C)nn1C)C(=O)NCc1ccccc1. The monoisotopic (exact) mass is 401 g/mol. The van der Waals surface area contributed by atoms with Crippen LogP contribution >= 0.6 is 0 Å². The van der Waals surface area contributed by atoms with Crippen LogP contribution in [0.1, 0.15) is 32.0 Å². The number of hydrogen-bond acceptors (Lipinski definition) is 4. The van der Waals surface area contributed by atoms with E-state index in [4.69, 9.17) is 4.74 Å². The molecule has 2 rings (SSSR count). The van der Waals surface area contributed by atoms with Crippen LogP contribution in [0.3, 0.4) is 0 Å². The van der Waals surface area contributed by atoms with Gasteiger partial charge in [0, 0.05) is 38.7 Å².